The van der Waals surface area contributed by atoms with Crippen molar-refractivity contribution in [2.45, 2.75) is 12.8 Å². The van der Waals surface area contributed by atoms with Crippen LogP contribution in [0.3, 0.4) is 0 Å². The van der Waals surface area contributed by atoms with Crippen LogP contribution in [0.5, 0.6) is 11.5 Å². The Bertz CT molecular complexity index is 699. The van der Waals surface area contributed by atoms with Crippen LogP contribution in [0.1, 0.15) is 23.2 Å². The number of amides is 1. The van der Waals surface area contributed by atoms with Crippen molar-refractivity contribution in [3.8, 4) is 11.5 Å². The molecule has 1 aliphatic rings. The van der Waals surface area contributed by atoms with E-state index in [1.54, 1.807) is 6.07 Å². The number of hydrogen-bond donors (Lipinski definition) is 2. The first-order valence-corrected chi connectivity index (χ1v) is 9.03. The number of nitrogens with one attached hydrogen (secondary N) is 2. The average molecular weight is 389 g/mol. The zero-order valence-corrected chi connectivity index (χ0v) is 15.0. The monoisotopic (exact) mass is 388 g/mol. The van der Waals surface area contributed by atoms with Gasteiger partial charge in [-0.15, -0.1) is 0 Å². The van der Waals surface area contributed by atoms with Gasteiger partial charge in [0.25, 0.3) is 5.91 Å². The molecule has 126 valence electrons. The molecule has 2 aromatic carbocycles. The molecule has 0 spiro atoms. The Balaban J connectivity index is 1.63. The Morgan fingerprint density at radius 3 is 2.92 bits per heavy atom. The highest BCUT2D eigenvalue weighted by molar-refractivity contribution is 9.10. The molecule has 0 aliphatic carbocycles. The maximum Gasteiger partial charge on any atom is 0.255 e. The highest BCUT2D eigenvalue weighted by Gasteiger charge is 2.16. The summed E-state index contributed by atoms with van der Waals surface area (Å²) in [7, 11) is 0. The van der Waals surface area contributed by atoms with E-state index in [9.17, 15) is 4.79 Å². The number of carbonyl (C=O) groups excluding carboxylic acids is 1. The van der Waals surface area contributed by atoms with Crippen molar-refractivity contribution >= 4 is 21.8 Å². The van der Waals surface area contributed by atoms with Gasteiger partial charge < -0.3 is 15.4 Å². The molecule has 1 saturated heterocycles. The summed E-state index contributed by atoms with van der Waals surface area (Å²) >= 11 is 3.42. The number of carbonyl (C=O) groups is 1. The number of rotatable bonds is 6. The molecule has 1 atom stereocenters. The van der Waals surface area contributed by atoms with Gasteiger partial charge in [0.05, 0.1) is 5.56 Å². The molecule has 1 amide bonds. The van der Waals surface area contributed by atoms with E-state index in [1.807, 2.05) is 42.5 Å². The Morgan fingerprint density at radius 1 is 1.25 bits per heavy atom. The topological polar surface area (TPSA) is 50.4 Å². The molecule has 1 aliphatic heterocycles. The number of hydrogen-bond acceptors (Lipinski definition) is 3. The smallest absolute Gasteiger partial charge is 0.255 e. The molecule has 24 heavy (non-hydrogen) atoms. The summed E-state index contributed by atoms with van der Waals surface area (Å²) < 4.78 is 6.83. The Morgan fingerprint density at radius 2 is 2.12 bits per heavy atom. The third-order valence-electron chi connectivity index (χ3n) is 4.16. The van der Waals surface area contributed by atoms with E-state index in [4.69, 9.17) is 4.74 Å². The van der Waals surface area contributed by atoms with Crippen molar-refractivity contribution in [2.24, 2.45) is 5.92 Å². The number of para-hydroxylation sites is 1. The fourth-order valence-corrected chi connectivity index (χ4v) is 3.22. The second-order valence-electron chi connectivity index (χ2n) is 5.96. The molecule has 0 bridgehead atoms. The summed E-state index contributed by atoms with van der Waals surface area (Å²) in [5, 5.41) is 6.35. The number of ether oxygens (including phenoxy) is 1. The minimum atomic E-state index is -0.0912. The van der Waals surface area contributed by atoms with E-state index in [-0.39, 0.29) is 5.91 Å². The van der Waals surface area contributed by atoms with E-state index in [1.165, 1.54) is 6.42 Å². The average Bonchev–Trinajstić information content (AvgIpc) is 3.09. The maximum atomic E-state index is 12.5. The Hall–Kier alpha value is -1.85. The summed E-state index contributed by atoms with van der Waals surface area (Å²) in [4.78, 5) is 12.5. The van der Waals surface area contributed by atoms with Crippen molar-refractivity contribution in [3.63, 3.8) is 0 Å². The van der Waals surface area contributed by atoms with Gasteiger partial charge in [-0.05, 0) is 62.2 Å². The molecule has 0 saturated carbocycles. The van der Waals surface area contributed by atoms with E-state index >= 15 is 0 Å². The highest BCUT2D eigenvalue weighted by Crippen LogP contribution is 2.27. The predicted molar refractivity (Wildman–Crippen MR) is 98.6 cm³/mol. The van der Waals surface area contributed by atoms with Gasteiger partial charge in [-0.2, -0.15) is 0 Å². The van der Waals surface area contributed by atoms with Crippen LogP contribution in [0.25, 0.3) is 0 Å². The number of halogens is 1. The van der Waals surface area contributed by atoms with Gasteiger partial charge in [-0.1, -0.05) is 34.1 Å². The van der Waals surface area contributed by atoms with E-state index in [0.717, 1.165) is 24.0 Å². The van der Waals surface area contributed by atoms with Gasteiger partial charge in [-0.25, -0.2) is 0 Å². The van der Waals surface area contributed by atoms with Crippen LogP contribution in [-0.4, -0.2) is 25.5 Å². The van der Waals surface area contributed by atoms with Gasteiger partial charge in [-0.3, -0.25) is 4.79 Å². The fourth-order valence-electron chi connectivity index (χ4n) is 2.85. The van der Waals surface area contributed by atoms with E-state index in [0.29, 0.717) is 29.5 Å². The molecule has 0 aromatic heterocycles. The summed E-state index contributed by atoms with van der Waals surface area (Å²) in [6.07, 6.45) is 2.20. The standard InChI is InChI=1S/C19H21BrN2O2/c20-15-4-3-5-16(12-15)24-18-7-2-1-6-17(18)19(23)22-11-9-14-8-10-21-13-14/h1-7,12,14,21H,8-11,13H2,(H,22,23). The number of benzene rings is 2. The molecule has 1 fully saturated rings. The molecular formula is C19H21BrN2O2. The maximum absolute atomic E-state index is 12.5. The SMILES string of the molecule is O=C(NCCC1CCNC1)c1ccccc1Oc1cccc(Br)c1. The molecule has 1 heterocycles. The van der Waals surface area contributed by atoms with Crippen molar-refractivity contribution in [2.75, 3.05) is 19.6 Å². The molecule has 0 radical (unpaired) electrons. The quantitative estimate of drug-likeness (QED) is 0.786. The van der Waals surface area contributed by atoms with Crippen molar-refractivity contribution in [3.05, 3.63) is 58.6 Å². The second-order valence-corrected chi connectivity index (χ2v) is 6.87. The summed E-state index contributed by atoms with van der Waals surface area (Å²) in [6.45, 7) is 2.83. The first-order chi connectivity index (χ1) is 11.7. The zero-order chi connectivity index (χ0) is 16.8. The van der Waals surface area contributed by atoms with Gasteiger partial charge in [0.1, 0.15) is 11.5 Å². The first-order valence-electron chi connectivity index (χ1n) is 8.24. The molecule has 2 aromatic rings. The molecule has 4 nitrogen and oxygen atoms in total. The van der Waals surface area contributed by atoms with E-state index in [2.05, 4.69) is 26.6 Å². The molecule has 3 rings (SSSR count). The largest absolute Gasteiger partial charge is 0.456 e. The van der Waals surface area contributed by atoms with Crippen LogP contribution >= 0.6 is 15.9 Å². The van der Waals surface area contributed by atoms with Crippen LogP contribution in [0.4, 0.5) is 0 Å². The van der Waals surface area contributed by atoms with Gasteiger partial charge in [0.15, 0.2) is 0 Å². The highest BCUT2D eigenvalue weighted by atomic mass is 79.9. The molecule has 5 heteroatoms. The van der Waals surface area contributed by atoms with Crippen LogP contribution in [0, 0.1) is 5.92 Å². The van der Waals surface area contributed by atoms with Gasteiger partial charge in [0.2, 0.25) is 0 Å². The minimum absolute atomic E-state index is 0.0912. The second kappa shape index (κ2) is 8.31. The van der Waals surface area contributed by atoms with Crippen LogP contribution < -0.4 is 15.4 Å². The summed E-state index contributed by atoms with van der Waals surface area (Å²) in [6, 6.07) is 14.9. The van der Waals surface area contributed by atoms with Gasteiger partial charge >= 0.3 is 0 Å². The summed E-state index contributed by atoms with van der Waals surface area (Å²) in [5.74, 6) is 1.84. The molecule has 1 unspecified atom stereocenters. The predicted octanol–water partition coefficient (Wildman–Crippen LogP) is 3.97. The Kier molecular flexibility index (Phi) is 5.88. The van der Waals surface area contributed by atoms with Gasteiger partial charge in [0, 0.05) is 11.0 Å². The third-order valence-corrected chi connectivity index (χ3v) is 4.65. The lowest BCUT2D eigenvalue weighted by Crippen LogP contribution is -2.26. The normalized spacial score (nSPS) is 16.8. The lowest BCUT2D eigenvalue weighted by molar-refractivity contribution is 0.0949. The van der Waals surface area contributed by atoms with Crippen LogP contribution in [0.2, 0.25) is 0 Å². The lowest BCUT2D eigenvalue weighted by Gasteiger charge is -2.13. The first kappa shape index (κ1) is 17.0. The zero-order valence-electron chi connectivity index (χ0n) is 13.4. The third kappa shape index (κ3) is 4.58. The van der Waals surface area contributed by atoms with Crippen LogP contribution in [0.15, 0.2) is 53.0 Å². The summed E-state index contributed by atoms with van der Waals surface area (Å²) in [5.41, 5.74) is 0.557. The van der Waals surface area contributed by atoms with Crippen molar-refractivity contribution in [1.82, 2.24) is 10.6 Å². The molecule has 2 N–H and O–H groups in total. The van der Waals surface area contributed by atoms with Crippen molar-refractivity contribution < 1.29 is 9.53 Å². The lowest BCUT2D eigenvalue weighted by atomic mass is 10.1. The van der Waals surface area contributed by atoms with E-state index < -0.39 is 0 Å². The fraction of sp³-hybridized carbons (Fsp3) is 0.316. The minimum Gasteiger partial charge on any atom is -0.456 e. The Labute approximate surface area is 150 Å². The van der Waals surface area contributed by atoms with Crippen molar-refractivity contribution in [1.29, 1.82) is 0 Å². The molecular weight excluding hydrogens is 368 g/mol. The van der Waals surface area contributed by atoms with Crippen LogP contribution in [-0.2, 0) is 0 Å².